The second kappa shape index (κ2) is 6.36. The van der Waals surface area contributed by atoms with Crippen LogP contribution in [-0.2, 0) is 4.79 Å². The van der Waals surface area contributed by atoms with Crippen molar-refractivity contribution in [3.05, 3.63) is 35.4 Å². The molecular weight excluding hydrogens is 240 g/mol. The van der Waals surface area contributed by atoms with E-state index in [9.17, 15) is 9.59 Å². The van der Waals surface area contributed by atoms with Crippen LogP contribution in [0, 0.1) is 6.92 Å². The second-order valence-electron chi connectivity index (χ2n) is 4.96. The normalized spacial score (nSPS) is 14.8. The Morgan fingerprint density at radius 3 is 2.68 bits per heavy atom. The third-order valence-corrected chi connectivity index (χ3v) is 3.38. The Kier molecular flexibility index (Phi) is 4.55. The first-order chi connectivity index (χ1) is 9.16. The number of amides is 2. The quantitative estimate of drug-likeness (QED) is 0.820. The lowest BCUT2D eigenvalue weighted by Gasteiger charge is -2.15. The summed E-state index contributed by atoms with van der Waals surface area (Å²) in [6.45, 7) is 4.21. The van der Waals surface area contributed by atoms with Gasteiger partial charge in [-0.15, -0.1) is 0 Å². The van der Waals surface area contributed by atoms with E-state index in [1.807, 2.05) is 36.1 Å². The number of rotatable bonds is 5. The van der Waals surface area contributed by atoms with Gasteiger partial charge in [0.25, 0.3) is 5.91 Å². The largest absolute Gasteiger partial charge is 0.352 e. The number of nitrogens with one attached hydrogen (secondary N) is 1. The molecule has 0 bridgehead atoms. The van der Waals surface area contributed by atoms with Crippen molar-refractivity contribution in [1.82, 2.24) is 10.2 Å². The van der Waals surface area contributed by atoms with Gasteiger partial charge in [-0.05, 0) is 31.9 Å². The van der Waals surface area contributed by atoms with Crippen LogP contribution < -0.4 is 5.32 Å². The molecule has 0 unspecified atom stereocenters. The molecule has 0 aliphatic carbocycles. The molecule has 1 aromatic rings. The highest BCUT2D eigenvalue weighted by Gasteiger charge is 2.18. The summed E-state index contributed by atoms with van der Waals surface area (Å²) in [5, 5.41) is 2.88. The van der Waals surface area contributed by atoms with E-state index in [1.54, 1.807) is 0 Å². The average Bonchev–Trinajstić information content (AvgIpc) is 2.81. The summed E-state index contributed by atoms with van der Waals surface area (Å²) >= 11 is 0. The Bertz CT molecular complexity index is 454. The van der Waals surface area contributed by atoms with Crippen LogP contribution in [0.2, 0.25) is 0 Å². The maximum Gasteiger partial charge on any atom is 0.251 e. The molecule has 102 valence electrons. The van der Waals surface area contributed by atoms with E-state index >= 15 is 0 Å². The van der Waals surface area contributed by atoms with Crippen LogP contribution in [0.5, 0.6) is 0 Å². The zero-order chi connectivity index (χ0) is 13.7. The molecule has 1 N–H and O–H groups in total. The fourth-order valence-corrected chi connectivity index (χ4v) is 2.22. The van der Waals surface area contributed by atoms with E-state index in [4.69, 9.17) is 0 Å². The Labute approximate surface area is 113 Å². The molecule has 1 aliphatic heterocycles. The standard InChI is InChI=1S/C15H20N2O2/c1-12-5-7-13(8-6-12)15(19)16-9-3-11-17-10-2-4-14(17)18/h5-8H,2-4,9-11H2,1H3,(H,16,19). The van der Waals surface area contributed by atoms with Gasteiger partial charge < -0.3 is 10.2 Å². The highest BCUT2D eigenvalue weighted by Crippen LogP contribution is 2.09. The van der Waals surface area contributed by atoms with E-state index in [0.29, 0.717) is 18.5 Å². The minimum atomic E-state index is -0.0484. The second-order valence-corrected chi connectivity index (χ2v) is 4.96. The molecule has 0 radical (unpaired) electrons. The van der Waals surface area contributed by atoms with Gasteiger partial charge in [0.05, 0.1) is 0 Å². The van der Waals surface area contributed by atoms with Crippen LogP contribution in [0.3, 0.4) is 0 Å². The van der Waals surface area contributed by atoms with Gasteiger partial charge in [-0.2, -0.15) is 0 Å². The Morgan fingerprint density at radius 2 is 2.05 bits per heavy atom. The highest BCUT2D eigenvalue weighted by molar-refractivity contribution is 5.94. The first kappa shape index (κ1) is 13.6. The summed E-state index contributed by atoms with van der Waals surface area (Å²) in [5.41, 5.74) is 1.83. The number of carbonyl (C=O) groups is 2. The topological polar surface area (TPSA) is 49.4 Å². The molecule has 1 aliphatic rings. The van der Waals surface area contributed by atoms with Crippen molar-refractivity contribution in [2.45, 2.75) is 26.2 Å². The Morgan fingerprint density at radius 1 is 1.32 bits per heavy atom. The predicted octanol–water partition coefficient (Wildman–Crippen LogP) is 1.74. The minimum absolute atomic E-state index is 0.0484. The van der Waals surface area contributed by atoms with Crippen molar-refractivity contribution in [1.29, 1.82) is 0 Å². The summed E-state index contributed by atoms with van der Waals surface area (Å²) < 4.78 is 0. The molecule has 2 amide bonds. The molecule has 19 heavy (non-hydrogen) atoms. The number of hydrogen-bond donors (Lipinski definition) is 1. The predicted molar refractivity (Wildman–Crippen MR) is 73.9 cm³/mol. The lowest BCUT2D eigenvalue weighted by atomic mass is 10.1. The van der Waals surface area contributed by atoms with Crippen molar-refractivity contribution < 1.29 is 9.59 Å². The van der Waals surface area contributed by atoms with Gasteiger partial charge in [-0.3, -0.25) is 9.59 Å². The van der Waals surface area contributed by atoms with Gasteiger partial charge in [-0.1, -0.05) is 17.7 Å². The molecule has 2 rings (SSSR count). The maximum atomic E-state index is 11.8. The lowest BCUT2D eigenvalue weighted by Crippen LogP contribution is -2.30. The van der Waals surface area contributed by atoms with Gasteiger partial charge >= 0.3 is 0 Å². The number of hydrogen-bond acceptors (Lipinski definition) is 2. The van der Waals surface area contributed by atoms with E-state index in [2.05, 4.69) is 5.32 Å². The average molecular weight is 260 g/mol. The first-order valence-corrected chi connectivity index (χ1v) is 6.79. The molecule has 1 aromatic carbocycles. The number of carbonyl (C=O) groups excluding carboxylic acids is 2. The van der Waals surface area contributed by atoms with Crippen LogP contribution in [0.4, 0.5) is 0 Å². The maximum absolute atomic E-state index is 11.8. The van der Waals surface area contributed by atoms with Crippen molar-refractivity contribution in [3.8, 4) is 0 Å². The molecule has 1 fully saturated rings. The van der Waals surface area contributed by atoms with Crippen molar-refractivity contribution in [3.63, 3.8) is 0 Å². The Hall–Kier alpha value is -1.84. The van der Waals surface area contributed by atoms with E-state index in [1.165, 1.54) is 0 Å². The molecule has 1 heterocycles. The molecule has 0 saturated carbocycles. The molecule has 0 spiro atoms. The summed E-state index contributed by atoms with van der Waals surface area (Å²) in [6.07, 6.45) is 2.45. The van der Waals surface area contributed by atoms with Gasteiger partial charge in [0.1, 0.15) is 0 Å². The van der Waals surface area contributed by atoms with Crippen LogP contribution in [-0.4, -0.2) is 36.3 Å². The number of nitrogens with zero attached hydrogens (tertiary/aromatic N) is 1. The summed E-state index contributed by atoms with van der Waals surface area (Å²) in [7, 11) is 0. The molecule has 0 aromatic heterocycles. The Balaban J connectivity index is 1.69. The zero-order valence-corrected chi connectivity index (χ0v) is 11.3. The van der Waals surface area contributed by atoms with Crippen molar-refractivity contribution >= 4 is 11.8 Å². The van der Waals surface area contributed by atoms with Crippen LogP contribution in [0.25, 0.3) is 0 Å². The monoisotopic (exact) mass is 260 g/mol. The fraction of sp³-hybridized carbons (Fsp3) is 0.467. The van der Waals surface area contributed by atoms with Gasteiger partial charge in [0, 0.05) is 31.6 Å². The van der Waals surface area contributed by atoms with E-state index in [0.717, 1.165) is 31.5 Å². The highest BCUT2D eigenvalue weighted by atomic mass is 16.2. The molecule has 4 heteroatoms. The third kappa shape index (κ3) is 3.81. The number of benzene rings is 1. The number of likely N-dealkylation sites (tertiary alicyclic amines) is 1. The first-order valence-electron chi connectivity index (χ1n) is 6.79. The van der Waals surface area contributed by atoms with Gasteiger partial charge in [-0.25, -0.2) is 0 Å². The smallest absolute Gasteiger partial charge is 0.251 e. The number of aryl methyl sites for hydroxylation is 1. The van der Waals surface area contributed by atoms with Crippen LogP contribution >= 0.6 is 0 Å². The van der Waals surface area contributed by atoms with E-state index < -0.39 is 0 Å². The van der Waals surface area contributed by atoms with Gasteiger partial charge in [0.15, 0.2) is 0 Å². The van der Waals surface area contributed by atoms with Crippen LogP contribution in [0.15, 0.2) is 24.3 Å². The molecule has 4 nitrogen and oxygen atoms in total. The van der Waals surface area contributed by atoms with Crippen molar-refractivity contribution in [2.75, 3.05) is 19.6 Å². The third-order valence-electron chi connectivity index (χ3n) is 3.38. The summed E-state index contributed by atoms with van der Waals surface area (Å²) in [5.74, 6) is 0.192. The molecular formula is C15H20N2O2. The zero-order valence-electron chi connectivity index (χ0n) is 11.3. The molecule has 1 saturated heterocycles. The lowest BCUT2D eigenvalue weighted by molar-refractivity contribution is -0.127. The van der Waals surface area contributed by atoms with Crippen LogP contribution in [0.1, 0.15) is 35.2 Å². The summed E-state index contributed by atoms with van der Waals surface area (Å²) in [4.78, 5) is 25.1. The minimum Gasteiger partial charge on any atom is -0.352 e. The fourth-order valence-electron chi connectivity index (χ4n) is 2.22. The summed E-state index contributed by atoms with van der Waals surface area (Å²) in [6, 6.07) is 7.51. The van der Waals surface area contributed by atoms with Crippen molar-refractivity contribution in [2.24, 2.45) is 0 Å². The molecule has 0 atom stereocenters. The van der Waals surface area contributed by atoms with E-state index in [-0.39, 0.29) is 11.8 Å². The SMILES string of the molecule is Cc1ccc(C(=O)NCCCN2CCCC2=O)cc1. The van der Waals surface area contributed by atoms with Gasteiger partial charge in [0.2, 0.25) is 5.91 Å².